The van der Waals surface area contributed by atoms with Crippen LogP contribution in [-0.4, -0.2) is 32.7 Å². The Balaban J connectivity index is 2.16. The fraction of sp³-hybridized carbons (Fsp3) is 1.00. The summed E-state index contributed by atoms with van der Waals surface area (Å²) >= 11 is 0. The van der Waals surface area contributed by atoms with Crippen molar-refractivity contribution in [1.29, 1.82) is 0 Å². The Morgan fingerprint density at radius 3 is 2.92 bits per heavy atom. The van der Waals surface area contributed by atoms with Crippen molar-refractivity contribution in [3.8, 4) is 0 Å². The van der Waals surface area contributed by atoms with E-state index < -0.39 is 0 Å². The van der Waals surface area contributed by atoms with Gasteiger partial charge in [-0.05, 0) is 38.3 Å². The van der Waals surface area contributed by atoms with E-state index in [0.717, 1.165) is 45.1 Å². The molecule has 1 aliphatic rings. The van der Waals surface area contributed by atoms with Gasteiger partial charge in [-0.15, -0.1) is 0 Å². The van der Waals surface area contributed by atoms with Gasteiger partial charge in [0.2, 0.25) is 0 Å². The minimum Gasteiger partial charge on any atom is -0.330 e. The summed E-state index contributed by atoms with van der Waals surface area (Å²) < 4.78 is 0. The van der Waals surface area contributed by atoms with Crippen LogP contribution in [0.3, 0.4) is 0 Å². The molecule has 0 amide bonds. The van der Waals surface area contributed by atoms with Gasteiger partial charge < -0.3 is 11.1 Å². The molecule has 0 aromatic heterocycles. The summed E-state index contributed by atoms with van der Waals surface area (Å²) in [6, 6.07) is 0. The van der Waals surface area contributed by atoms with Gasteiger partial charge in [0, 0.05) is 19.6 Å². The molecule has 0 radical (unpaired) electrons. The van der Waals surface area contributed by atoms with Crippen molar-refractivity contribution in [2.45, 2.75) is 19.3 Å². The van der Waals surface area contributed by atoms with Crippen LogP contribution in [0.1, 0.15) is 19.3 Å². The van der Waals surface area contributed by atoms with Crippen LogP contribution in [0.15, 0.2) is 0 Å². The van der Waals surface area contributed by atoms with Crippen molar-refractivity contribution < 1.29 is 0 Å². The first kappa shape index (κ1) is 10.9. The first-order valence-corrected chi connectivity index (χ1v) is 5.30. The molecule has 1 heterocycles. The highest BCUT2D eigenvalue weighted by Crippen LogP contribution is 2.08. The van der Waals surface area contributed by atoms with Crippen LogP contribution in [-0.2, 0) is 0 Å². The highest BCUT2D eigenvalue weighted by atomic mass is 15.4. The molecule has 5 N–H and O–H groups in total. The van der Waals surface area contributed by atoms with Crippen LogP contribution in [0.5, 0.6) is 0 Å². The zero-order valence-electron chi connectivity index (χ0n) is 8.31. The summed E-state index contributed by atoms with van der Waals surface area (Å²) in [5, 5.41) is 3.40. The summed E-state index contributed by atoms with van der Waals surface area (Å²) in [7, 11) is 0. The van der Waals surface area contributed by atoms with E-state index in [9.17, 15) is 0 Å². The lowest BCUT2D eigenvalue weighted by Crippen LogP contribution is -2.37. The van der Waals surface area contributed by atoms with Crippen molar-refractivity contribution in [3.05, 3.63) is 0 Å². The third-order valence-electron chi connectivity index (χ3n) is 2.49. The Bertz CT molecular complexity index is 108. The number of nitrogens with one attached hydrogen (secondary N) is 3. The molecule has 13 heavy (non-hydrogen) atoms. The number of hydrogen-bond acceptors (Lipinski definition) is 4. The van der Waals surface area contributed by atoms with E-state index in [1.54, 1.807) is 0 Å². The van der Waals surface area contributed by atoms with Crippen LogP contribution in [0, 0.1) is 5.92 Å². The van der Waals surface area contributed by atoms with E-state index in [0.29, 0.717) is 0 Å². The van der Waals surface area contributed by atoms with Gasteiger partial charge in [-0.25, -0.2) is 0 Å². The Morgan fingerprint density at radius 2 is 2.08 bits per heavy atom. The predicted octanol–water partition coefficient (Wildman–Crippen LogP) is -0.571. The van der Waals surface area contributed by atoms with Crippen LogP contribution < -0.4 is 21.9 Å². The Hall–Kier alpha value is -0.160. The molecular weight excluding hydrogens is 164 g/mol. The van der Waals surface area contributed by atoms with Crippen molar-refractivity contribution in [2.75, 3.05) is 32.7 Å². The lowest BCUT2D eigenvalue weighted by molar-refractivity contribution is 0.395. The molecule has 0 aliphatic carbocycles. The topological polar surface area (TPSA) is 62.1 Å². The maximum Gasteiger partial charge on any atom is 0.0225 e. The van der Waals surface area contributed by atoms with Gasteiger partial charge in [-0.2, -0.15) is 0 Å². The summed E-state index contributed by atoms with van der Waals surface area (Å²) in [6.07, 6.45) is 3.65. The van der Waals surface area contributed by atoms with E-state index in [1.165, 1.54) is 12.8 Å². The minimum absolute atomic E-state index is 0.765. The molecule has 1 saturated heterocycles. The second kappa shape index (κ2) is 7.26. The predicted molar refractivity (Wildman–Crippen MR) is 55.3 cm³/mol. The van der Waals surface area contributed by atoms with E-state index in [4.69, 9.17) is 5.73 Å². The van der Waals surface area contributed by atoms with E-state index in [2.05, 4.69) is 16.2 Å². The molecular formula is C9H22N4. The maximum atomic E-state index is 5.49. The smallest absolute Gasteiger partial charge is 0.0225 e. The lowest BCUT2D eigenvalue weighted by Gasteiger charge is -2.15. The second-order valence-corrected chi connectivity index (χ2v) is 3.64. The fourth-order valence-corrected chi connectivity index (χ4v) is 1.64. The quantitative estimate of drug-likeness (QED) is 0.477. The zero-order valence-corrected chi connectivity index (χ0v) is 8.31. The van der Waals surface area contributed by atoms with E-state index >= 15 is 0 Å². The van der Waals surface area contributed by atoms with Gasteiger partial charge in [-0.3, -0.25) is 10.9 Å². The largest absolute Gasteiger partial charge is 0.330 e. The van der Waals surface area contributed by atoms with Crippen LogP contribution >= 0.6 is 0 Å². The van der Waals surface area contributed by atoms with E-state index in [-0.39, 0.29) is 0 Å². The molecule has 1 atom stereocenters. The summed E-state index contributed by atoms with van der Waals surface area (Å²) in [5.74, 6) is 0.765. The SMILES string of the molecule is NCCCC1CCNCCNNC1. The van der Waals surface area contributed by atoms with Crippen LogP contribution in [0.2, 0.25) is 0 Å². The van der Waals surface area contributed by atoms with Gasteiger partial charge in [0.05, 0.1) is 0 Å². The monoisotopic (exact) mass is 186 g/mol. The third-order valence-corrected chi connectivity index (χ3v) is 2.49. The number of rotatable bonds is 3. The zero-order chi connectivity index (χ0) is 9.36. The van der Waals surface area contributed by atoms with Gasteiger partial charge >= 0.3 is 0 Å². The first-order valence-electron chi connectivity index (χ1n) is 5.30. The van der Waals surface area contributed by atoms with E-state index in [1.807, 2.05) is 0 Å². The highest BCUT2D eigenvalue weighted by molar-refractivity contribution is 4.66. The standard InChI is InChI=1S/C9H22N4/c10-4-1-2-9-3-5-11-6-7-12-13-8-9/h9,11-13H,1-8,10H2. The van der Waals surface area contributed by atoms with Crippen molar-refractivity contribution in [3.63, 3.8) is 0 Å². The first-order chi connectivity index (χ1) is 6.43. The Morgan fingerprint density at radius 1 is 1.15 bits per heavy atom. The van der Waals surface area contributed by atoms with Crippen LogP contribution in [0.25, 0.3) is 0 Å². The lowest BCUT2D eigenvalue weighted by atomic mass is 9.99. The molecule has 0 bridgehead atoms. The molecule has 0 aromatic carbocycles. The average molecular weight is 186 g/mol. The Kier molecular flexibility index (Phi) is 6.10. The summed E-state index contributed by atoms with van der Waals surface area (Å²) in [5.41, 5.74) is 11.9. The molecule has 1 rings (SSSR count). The van der Waals surface area contributed by atoms with Gasteiger partial charge in [0.1, 0.15) is 0 Å². The highest BCUT2D eigenvalue weighted by Gasteiger charge is 2.08. The fourth-order valence-electron chi connectivity index (χ4n) is 1.64. The van der Waals surface area contributed by atoms with Gasteiger partial charge in [-0.1, -0.05) is 0 Å². The van der Waals surface area contributed by atoms with Crippen molar-refractivity contribution in [2.24, 2.45) is 11.7 Å². The third kappa shape index (κ3) is 5.21. The normalized spacial score (nSPS) is 26.1. The van der Waals surface area contributed by atoms with Gasteiger partial charge in [0.15, 0.2) is 0 Å². The molecule has 0 aromatic rings. The minimum atomic E-state index is 0.765. The number of hydrogen-bond donors (Lipinski definition) is 4. The number of hydrazine groups is 1. The molecule has 4 heteroatoms. The second-order valence-electron chi connectivity index (χ2n) is 3.64. The number of nitrogens with two attached hydrogens (primary N) is 1. The molecule has 1 aliphatic heterocycles. The molecule has 0 saturated carbocycles. The summed E-state index contributed by atoms with van der Waals surface area (Å²) in [6.45, 7) is 5.08. The summed E-state index contributed by atoms with van der Waals surface area (Å²) in [4.78, 5) is 0. The molecule has 1 unspecified atom stereocenters. The molecule has 0 spiro atoms. The maximum absolute atomic E-state index is 5.49. The van der Waals surface area contributed by atoms with Crippen LogP contribution in [0.4, 0.5) is 0 Å². The molecule has 4 nitrogen and oxygen atoms in total. The molecule has 78 valence electrons. The average Bonchev–Trinajstić information content (AvgIpc) is 2.28. The van der Waals surface area contributed by atoms with Crippen molar-refractivity contribution >= 4 is 0 Å². The van der Waals surface area contributed by atoms with Gasteiger partial charge in [0.25, 0.3) is 0 Å². The Labute approximate surface area is 80.6 Å². The molecule has 1 fully saturated rings. The van der Waals surface area contributed by atoms with Crippen molar-refractivity contribution in [1.82, 2.24) is 16.2 Å².